The van der Waals surface area contributed by atoms with Crippen LogP contribution in [0.4, 0.5) is 0 Å². The molecule has 0 unspecified atom stereocenters. The van der Waals surface area contributed by atoms with Crippen LogP contribution in [0.15, 0.2) is 30.3 Å². The molecular weight excluding hydrogens is 318 g/mol. The van der Waals surface area contributed by atoms with E-state index in [4.69, 9.17) is 5.73 Å². The quantitative estimate of drug-likeness (QED) is 0.572. The zero-order chi connectivity index (χ0) is 18.3. The smallest absolute Gasteiger partial charge is 0.221 e. The Morgan fingerprint density at radius 2 is 1.92 bits per heavy atom. The van der Waals surface area contributed by atoms with Gasteiger partial charge in [-0.05, 0) is 31.2 Å². The Morgan fingerprint density at radius 1 is 1.24 bits per heavy atom. The Kier molecular flexibility index (Phi) is 6.96. The summed E-state index contributed by atoms with van der Waals surface area (Å²) in [5.41, 5.74) is 6.36. The maximum atomic E-state index is 11.9. The monoisotopic (exact) mass is 347 g/mol. The predicted molar refractivity (Wildman–Crippen MR) is 96.9 cm³/mol. The van der Waals surface area contributed by atoms with E-state index in [2.05, 4.69) is 22.8 Å². The van der Waals surface area contributed by atoms with E-state index in [-0.39, 0.29) is 23.3 Å². The average Bonchev–Trinajstić information content (AvgIpc) is 2.75. The number of nitrogens with two attached hydrogens (primary N) is 1. The Bertz CT molecular complexity index is 579. The van der Waals surface area contributed by atoms with Gasteiger partial charge in [-0.2, -0.15) is 0 Å². The summed E-state index contributed by atoms with van der Waals surface area (Å²) in [4.78, 5) is 23.3. The highest BCUT2D eigenvalue weighted by Crippen LogP contribution is 2.38. The molecule has 1 aliphatic carbocycles. The standard InChI is InChI=1S/C19H29N3O3/c1-14(23)22-16-7-10-19(11-8-17(16)24,13-21-18(25)9-12-20)15-5-3-2-4-6-15/h2-6,16-17,24H,7-13,20H2,1H3,(H,21,25)(H,22,23)/t16-,17-,19-/m0/s1. The normalized spacial score (nSPS) is 26.5. The molecule has 0 heterocycles. The Hall–Kier alpha value is -1.92. The van der Waals surface area contributed by atoms with Gasteiger partial charge < -0.3 is 21.5 Å². The van der Waals surface area contributed by atoms with Crippen molar-refractivity contribution in [2.24, 2.45) is 5.73 Å². The van der Waals surface area contributed by atoms with Gasteiger partial charge in [-0.25, -0.2) is 0 Å². The summed E-state index contributed by atoms with van der Waals surface area (Å²) in [6.45, 7) is 2.30. The third-order valence-electron chi connectivity index (χ3n) is 5.09. The Balaban J connectivity index is 2.20. The van der Waals surface area contributed by atoms with E-state index < -0.39 is 6.10 Å². The van der Waals surface area contributed by atoms with Crippen LogP contribution in [-0.4, -0.2) is 42.2 Å². The van der Waals surface area contributed by atoms with Gasteiger partial charge in [0.15, 0.2) is 0 Å². The molecule has 6 heteroatoms. The molecular formula is C19H29N3O3. The molecule has 2 amide bonds. The van der Waals surface area contributed by atoms with Gasteiger partial charge in [-0.15, -0.1) is 0 Å². The third-order valence-corrected chi connectivity index (χ3v) is 5.09. The van der Waals surface area contributed by atoms with Crippen LogP contribution < -0.4 is 16.4 Å². The highest BCUT2D eigenvalue weighted by Gasteiger charge is 2.38. The number of nitrogens with one attached hydrogen (secondary N) is 2. The minimum absolute atomic E-state index is 0.0546. The first-order valence-electron chi connectivity index (χ1n) is 8.94. The van der Waals surface area contributed by atoms with Gasteiger partial charge in [0.1, 0.15) is 0 Å². The molecule has 1 saturated carbocycles. The van der Waals surface area contributed by atoms with Crippen LogP contribution in [0.3, 0.4) is 0 Å². The summed E-state index contributed by atoms with van der Waals surface area (Å²) < 4.78 is 0. The van der Waals surface area contributed by atoms with E-state index in [1.54, 1.807) is 0 Å². The maximum Gasteiger partial charge on any atom is 0.221 e. The van der Waals surface area contributed by atoms with Gasteiger partial charge in [0.25, 0.3) is 0 Å². The van der Waals surface area contributed by atoms with Crippen LogP contribution in [-0.2, 0) is 15.0 Å². The molecule has 25 heavy (non-hydrogen) atoms. The van der Waals surface area contributed by atoms with Gasteiger partial charge in [-0.1, -0.05) is 30.3 Å². The number of rotatable bonds is 6. The summed E-state index contributed by atoms with van der Waals surface area (Å²) in [6, 6.07) is 9.84. The molecule has 6 nitrogen and oxygen atoms in total. The van der Waals surface area contributed by atoms with Crippen molar-refractivity contribution < 1.29 is 14.7 Å². The maximum absolute atomic E-state index is 11.9. The first-order chi connectivity index (χ1) is 12.0. The number of benzene rings is 1. The van der Waals surface area contributed by atoms with Gasteiger partial charge >= 0.3 is 0 Å². The first kappa shape index (κ1) is 19.4. The fourth-order valence-corrected chi connectivity index (χ4v) is 3.65. The third kappa shape index (κ3) is 5.28. The second-order valence-corrected chi connectivity index (χ2v) is 6.91. The van der Waals surface area contributed by atoms with E-state index in [0.29, 0.717) is 32.4 Å². The van der Waals surface area contributed by atoms with E-state index in [1.807, 2.05) is 18.2 Å². The molecule has 1 aromatic carbocycles. The summed E-state index contributed by atoms with van der Waals surface area (Å²) >= 11 is 0. The van der Waals surface area contributed by atoms with Gasteiger partial charge in [-0.3, -0.25) is 9.59 Å². The van der Waals surface area contributed by atoms with Crippen molar-refractivity contribution in [1.29, 1.82) is 0 Å². The van der Waals surface area contributed by atoms with Crippen LogP contribution in [0, 0.1) is 0 Å². The Morgan fingerprint density at radius 3 is 2.56 bits per heavy atom. The van der Waals surface area contributed by atoms with Gasteiger partial charge in [0.2, 0.25) is 11.8 Å². The van der Waals surface area contributed by atoms with E-state index in [0.717, 1.165) is 18.4 Å². The lowest BCUT2D eigenvalue weighted by Gasteiger charge is -2.34. The van der Waals surface area contributed by atoms with Crippen molar-refractivity contribution >= 4 is 11.8 Å². The molecule has 5 N–H and O–H groups in total. The lowest BCUT2D eigenvalue weighted by molar-refractivity contribution is -0.121. The lowest BCUT2D eigenvalue weighted by atomic mass is 9.74. The van der Waals surface area contributed by atoms with E-state index >= 15 is 0 Å². The van der Waals surface area contributed by atoms with Crippen LogP contribution in [0.1, 0.15) is 44.6 Å². The molecule has 0 radical (unpaired) electrons. The highest BCUT2D eigenvalue weighted by atomic mass is 16.3. The van der Waals surface area contributed by atoms with Crippen molar-refractivity contribution in [3.8, 4) is 0 Å². The summed E-state index contributed by atoms with van der Waals surface area (Å²) in [6.07, 6.45) is 2.50. The fourth-order valence-electron chi connectivity index (χ4n) is 3.65. The molecule has 138 valence electrons. The van der Waals surface area contributed by atoms with Crippen molar-refractivity contribution in [2.45, 2.75) is 56.6 Å². The molecule has 3 atom stereocenters. The van der Waals surface area contributed by atoms with Gasteiger partial charge in [0, 0.05) is 31.8 Å². The predicted octanol–water partition coefficient (Wildman–Crippen LogP) is 0.829. The minimum Gasteiger partial charge on any atom is -0.391 e. The average molecular weight is 347 g/mol. The minimum atomic E-state index is -0.575. The largest absolute Gasteiger partial charge is 0.391 e. The number of aliphatic hydroxyl groups is 1. The number of amides is 2. The number of carbonyl (C=O) groups excluding carboxylic acids is 2. The van der Waals surface area contributed by atoms with Crippen molar-refractivity contribution in [3.05, 3.63) is 35.9 Å². The molecule has 0 aliphatic heterocycles. The fraction of sp³-hybridized carbons (Fsp3) is 0.579. The second-order valence-electron chi connectivity index (χ2n) is 6.91. The topological polar surface area (TPSA) is 104 Å². The summed E-state index contributed by atoms with van der Waals surface area (Å²) in [5, 5.41) is 16.3. The number of hydrogen-bond acceptors (Lipinski definition) is 4. The molecule has 0 bridgehead atoms. The SMILES string of the molecule is CC(=O)N[C@H]1CC[C@](CNC(=O)CCN)(c2ccccc2)CC[C@@H]1O. The van der Waals surface area contributed by atoms with Crippen molar-refractivity contribution in [2.75, 3.05) is 13.1 Å². The van der Waals surface area contributed by atoms with Crippen molar-refractivity contribution in [3.63, 3.8) is 0 Å². The van der Waals surface area contributed by atoms with Crippen LogP contribution in [0.2, 0.25) is 0 Å². The zero-order valence-corrected chi connectivity index (χ0v) is 14.8. The zero-order valence-electron chi connectivity index (χ0n) is 14.8. The van der Waals surface area contributed by atoms with Crippen LogP contribution in [0.25, 0.3) is 0 Å². The molecule has 1 aromatic rings. The molecule has 2 rings (SSSR count). The highest BCUT2D eigenvalue weighted by molar-refractivity contribution is 5.76. The molecule has 1 aliphatic rings. The molecule has 0 saturated heterocycles. The van der Waals surface area contributed by atoms with E-state index in [1.165, 1.54) is 6.92 Å². The number of carbonyl (C=O) groups is 2. The molecule has 0 aromatic heterocycles. The lowest BCUT2D eigenvalue weighted by Crippen LogP contribution is -2.42. The summed E-state index contributed by atoms with van der Waals surface area (Å²) in [7, 11) is 0. The number of aliphatic hydroxyl groups excluding tert-OH is 1. The first-order valence-corrected chi connectivity index (χ1v) is 8.94. The van der Waals surface area contributed by atoms with E-state index in [9.17, 15) is 14.7 Å². The number of hydrogen-bond donors (Lipinski definition) is 4. The Labute approximate surface area is 149 Å². The van der Waals surface area contributed by atoms with Crippen LogP contribution >= 0.6 is 0 Å². The van der Waals surface area contributed by atoms with Crippen molar-refractivity contribution in [1.82, 2.24) is 10.6 Å². The summed E-state index contributed by atoms with van der Waals surface area (Å²) in [5.74, 6) is -0.187. The molecule has 1 fully saturated rings. The molecule has 0 spiro atoms. The van der Waals surface area contributed by atoms with Gasteiger partial charge in [0.05, 0.1) is 12.1 Å². The van der Waals surface area contributed by atoms with Crippen LogP contribution in [0.5, 0.6) is 0 Å². The second kappa shape index (κ2) is 8.97.